The van der Waals surface area contributed by atoms with Crippen molar-refractivity contribution in [3.63, 3.8) is 0 Å². The zero-order chi connectivity index (χ0) is 11.1. The van der Waals surface area contributed by atoms with Gasteiger partial charge in [-0.1, -0.05) is 13.8 Å². The van der Waals surface area contributed by atoms with Crippen molar-refractivity contribution >= 4 is 0 Å². The van der Waals surface area contributed by atoms with E-state index in [0.29, 0.717) is 0 Å². The number of nitrogens with two attached hydrogens (primary N) is 1. The molecule has 0 aliphatic heterocycles. The van der Waals surface area contributed by atoms with E-state index in [-0.39, 0.29) is 22.6 Å². The first-order valence-corrected chi connectivity index (χ1v) is 5.34. The SMILES string of the molecule is CCC(C)(N)[c-]1cccc1.[Fe].[cH-]1[cH-][cH-][cH-][cH-]1. The van der Waals surface area contributed by atoms with Gasteiger partial charge in [0.15, 0.2) is 0 Å². The van der Waals surface area contributed by atoms with Gasteiger partial charge in [-0.15, -0.1) is 5.56 Å². The summed E-state index contributed by atoms with van der Waals surface area (Å²) in [5.74, 6) is 0. The molecule has 1 nitrogen and oxygen atoms in total. The predicted molar refractivity (Wildman–Crippen MR) is 65.9 cm³/mol. The van der Waals surface area contributed by atoms with E-state index >= 15 is 0 Å². The van der Waals surface area contributed by atoms with Crippen LogP contribution in [0.4, 0.5) is 0 Å². The van der Waals surface area contributed by atoms with Crippen molar-refractivity contribution in [2.24, 2.45) is 5.73 Å². The van der Waals surface area contributed by atoms with Crippen LogP contribution in [0.15, 0.2) is 54.6 Å². The summed E-state index contributed by atoms with van der Waals surface area (Å²) in [6.07, 6.45) is 0.983. The normalized spacial score (nSPS) is 12.9. The van der Waals surface area contributed by atoms with Crippen LogP contribution in [0.3, 0.4) is 0 Å². The fraction of sp³-hybridized carbons (Fsp3) is 0.286. The summed E-state index contributed by atoms with van der Waals surface area (Å²) in [5.41, 5.74) is 7.08. The van der Waals surface area contributed by atoms with Gasteiger partial charge >= 0.3 is 0 Å². The van der Waals surface area contributed by atoms with E-state index in [4.69, 9.17) is 5.73 Å². The van der Waals surface area contributed by atoms with E-state index in [1.54, 1.807) is 0 Å². The van der Waals surface area contributed by atoms with E-state index in [1.165, 1.54) is 5.56 Å². The Hall–Kier alpha value is -0.821. The number of hydrogen-bond acceptors (Lipinski definition) is 1. The molecule has 0 radical (unpaired) electrons. The molecule has 2 aromatic rings. The quantitative estimate of drug-likeness (QED) is 0.647. The van der Waals surface area contributed by atoms with Gasteiger partial charge in [-0.3, -0.25) is 0 Å². The van der Waals surface area contributed by atoms with Crippen LogP contribution < -0.4 is 5.73 Å². The monoisotopic (exact) mass is 257 g/mol. The van der Waals surface area contributed by atoms with Gasteiger partial charge in [0, 0.05) is 17.1 Å². The van der Waals surface area contributed by atoms with Crippen LogP contribution in [0.25, 0.3) is 0 Å². The smallest absolute Gasteiger partial charge is 0 e. The third kappa shape index (κ3) is 4.80. The standard InChI is InChI=1S/C9H14N.C5H5.Fe/c1-3-9(2,10)8-6-4-5-7-8;1-2-4-5-3-1;/h4-7H,3,10H2,1-2H3;1-5H;/q-1;-5;. The summed E-state index contributed by atoms with van der Waals surface area (Å²) in [5, 5.41) is 0. The van der Waals surface area contributed by atoms with Crippen LogP contribution in [0.5, 0.6) is 0 Å². The largest absolute Gasteiger partial charge is 0.748 e. The second-order valence-electron chi connectivity index (χ2n) is 3.91. The van der Waals surface area contributed by atoms with E-state index < -0.39 is 0 Å². The molecule has 1 unspecified atom stereocenters. The molecule has 0 fully saturated rings. The molecule has 0 heterocycles. The van der Waals surface area contributed by atoms with Crippen molar-refractivity contribution in [2.45, 2.75) is 25.8 Å². The van der Waals surface area contributed by atoms with Crippen molar-refractivity contribution in [3.8, 4) is 0 Å². The maximum absolute atomic E-state index is 5.98. The van der Waals surface area contributed by atoms with Crippen molar-refractivity contribution in [1.29, 1.82) is 0 Å². The summed E-state index contributed by atoms with van der Waals surface area (Å²) < 4.78 is 0. The summed E-state index contributed by atoms with van der Waals surface area (Å²) in [7, 11) is 0. The topological polar surface area (TPSA) is 26.0 Å². The molecule has 1 atom stereocenters. The van der Waals surface area contributed by atoms with E-state index in [0.717, 1.165) is 6.42 Å². The molecule has 0 aromatic heterocycles. The summed E-state index contributed by atoms with van der Waals surface area (Å²) >= 11 is 0. The zero-order valence-corrected chi connectivity index (χ0v) is 10.9. The minimum atomic E-state index is -0.135. The Labute approximate surface area is 109 Å². The predicted octanol–water partition coefficient (Wildman–Crippen LogP) is 3.39. The fourth-order valence-electron chi connectivity index (χ4n) is 1.28. The molecule has 2 N–H and O–H groups in total. The molecule has 0 amide bonds. The minimum absolute atomic E-state index is 0. The third-order valence-electron chi connectivity index (χ3n) is 2.61. The summed E-state index contributed by atoms with van der Waals surface area (Å²) in [6.45, 7) is 4.16. The van der Waals surface area contributed by atoms with Crippen LogP contribution in [0.2, 0.25) is 0 Å². The molecular weight excluding hydrogens is 238 g/mol. The molecule has 0 saturated carbocycles. The molecule has 0 saturated heterocycles. The molecule has 0 aliphatic rings. The number of hydrogen-bond donors (Lipinski definition) is 1. The van der Waals surface area contributed by atoms with Gasteiger partial charge in [-0.2, -0.15) is 12.1 Å². The van der Waals surface area contributed by atoms with Crippen LogP contribution in [0, 0.1) is 0 Å². The van der Waals surface area contributed by atoms with Crippen molar-refractivity contribution in [2.75, 3.05) is 0 Å². The first-order chi connectivity index (χ1) is 7.17. The molecule has 16 heavy (non-hydrogen) atoms. The van der Waals surface area contributed by atoms with Gasteiger partial charge in [-0.05, 0) is 12.0 Å². The fourth-order valence-corrected chi connectivity index (χ4v) is 1.28. The molecule has 2 aromatic carbocycles. The van der Waals surface area contributed by atoms with Crippen LogP contribution in [-0.2, 0) is 22.6 Å². The Morgan fingerprint density at radius 1 is 1.06 bits per heavy atom. The zero-order valence-electron chi connectivity index (χ0n) is 9.83. The van der Waals surface area contributed by atoms with Gasteiger partial charge in [-0.25, -0.2) is 12.1 Å². The first-order valence-electron chi connectivity index (χ1n) is 5.34. The Morgan fingerprint density at radius 2 is 1.44 bits per heavy atom. The second-order valence-corrected chi connectivity index (χ2v) is 3.91. The number of rotatable bonds is 2. The van der Waals surface area contributed by atoms with Gasteiger partial charge in [0.2, 0.25) is 0 Å². The Balaban J connectivity index is 0.000000318. The third-order valence-corrected chi connectivity index (χ3v) is 2.61. The van der Waals surface area contributed by atoms with E-state index in [1.807, 2.05) is 42.5 Å². The maximum Gasteiger partial charge on any atom is 0 e. The van der Waals surface area contributed by atoms with E-state index in [9.17, 15) is 0 Å². The van der Waals surface area contributed by atoms with Gasteiger partial charge < -0.3 is 36.1 Å². The van der Waals surface area contributed by atoms with E-state index in [2.05, 4.69) is 26.0 Å². The molecule has 2 heteroatoms. The van der Waals surface area contributed by atoms with Gasteiger partial charge in [0.1, 0.15) is 0 Å². The van der Waals surface area contributed by atoms with Gasteiger partial charge in [0.25, 0.3) is 0 Å². The average Bonchev–Trinajstić information content (AvgIpc) is 2.93. The Morgan fingerprint density at radius 3 is 1.75 bits per heavy atom. The van der Waals surface area contributed by atoms with Crippen molar-refractivity contribution in [1.82, 2.24) is 0 Å². The van der Waals surface area contributed by atoms with Crippen LogP contribution in [0.1, 0.15) is 25.8 Å². The van der Waals surface area contributed by atoms with Crippen molar-refractivity contribution in [3.05, 3.63) is 60.2 Å². The summed E-state index contributed by atoms with van der Waals surface area (Å²) in [4.78, 5) is 0. The van der Waals surface area contributed by atoms with Crippen molar-refractivity contribution < 1.29 is 17.1 Å². The summed E-state index contributed by atoms with van der Waals surface area (Å²) in [6, 6.07) is 18.2. The molecule has 0 spiro atoms. The average molecular weight is 257 g/mol. The maximum atomic E-state index is 5.98. The van der Waals surface area contributed by atoms with Gasteiger partial charge in [0.05, 0.1) is 0 Å². The van der Waals surface area contributed by atoms with Crippen LogP contribution in [-0.4, -0.2) is 0 Å². The molecular formula is C14H19FeN-6. The molecule has 0 aliphatic carbocycles. The van der Waals surface area contributed by atoms with Crippen LogP contribution >= 0.6 is 0 Å². The minimum Gasteiger partial charge on any atom is -0.748 e. The first kappa shape index (κ1) is 15.2. The molecule has 2 rings (SSSR count). The Kier molecular flexibility index (Phi) is 7.07. The molecule has 0 bridgehead atoms. The molecule has 94 valence electrons. The second kappa shape index (κ2) is 7.45. The Bertz CT molecular complexity index is 315.